The molecular formula is C25H27FN2O5S. The Hall–Kier alpha value is -3.59. The van der Waals surface area contributed by atoms with E-state index in [9.17, 15) is 17.6 Å². The highest BCUT2D eigenvalue weighted by Gasteiger charge is 2.28. The lowest BCUT2D eigenvalue weighted by molar-refractivity contribution is -0.120. The van der Waals surface area contributed by atoms with Crippen molar-refractivity contribution in [3.8, 4) is 11.5 Å². The standard InChI is InChI=1S/C25H27FN2O5S/c1-4-33-23-13-15-24(16-14-23)34(30,31)28(21-9-7-20(26)8-10-21)17-25(29)27-18(2)19-5-11-22(32-3)12-6-19/h5-16,18H,4,17H2,1-3H3,(H,27,29)/t18-/m1/s1. The van der Waals surface area contributed by atoms with E-state index in [2.05, 4.69) is 5.32 Å². The molecule has 180 valence electrons. The van der Waals surface area contributed by atoms with Gasteiger partial charge in [0.25, 0.3) is 10.0 Å². The Morgan fingerprint density at radius 3 is 2.12 bits per heavy atom. The predicted octanol–water partition coefficient (Wildman–Crippen LogP) is 4.31. The molecule has 1 atom stereocenters. The van der Waals surface area contributed by atoms with E-state index in [1.807, 2.05) is 19.1 Å². The van der Waals surface area contributed by atoms with Gasteiger partial charge in [-0.1, -0.05) is 12.1 Å². The van der Waals surface area contributed by atoms with Crippen LogP contribution in [0.5, 0.6) is 11.5 Å². The fraction of sp³-hybridized carbons (Fsp3) is 0.240. The van der Waals surface area contributed by atoms with E-state index in [0.29, 0.717) is 18.1 Å². The smallest absolute Gasteiger partial charge is 0.264 e. The largest absolute Gasteiger partial charge is 0.497 e. The lowest BCUT2D eigenvalue weighted by atomic mass is 10.1. The van der Waals surface area contributed by atoms with Crippen molar-refractivity contribution in [1.29, 1.82) is 0 Å². The van der Waals surface area contributed by atoms with Crippen molar-refractivity contribution in [2.75, 3.05) is 24.6 Å². The van der Waals surface area contributed by atoms with Gasteiger partial charge in [-0.15, -0.1) is 0 Å². The van der Waals surface area contributed by atoms with Gasteiger partial charge in [-0.25, -0.2) is 12.8 Å². The van der Waals surface area contributed by atoms with E-state index in [-0.39, 0.29) is 16.6 Å². The number of anilines is 1. The molecule has 0 unspecified atom stereocenters. The molecule has 1 N–H and O–H groups in total. The highest BCUT2D eigenvalue weighted by molar-refractivity contribution is 7.92. The lowest BCUT2D eigenvalue weighted by Gasteiger charge is -2.25. The first-order valence-electron chi connectivity index (χ1n) is 10.7. The number of nitrogens with one attached hydrogen (secondary N) is 1. The van der Waals surface area contributed by atoms with Crippen LogP contribution >= 0.6 is 0 Å². The van der Waals surface area contributed by atoms with Crippen LogP contribution in [0.1, 0.15) is 25.5 Å². The number of sulfonamides is 1. The molecule has 0 saturated heterocycles. The van der Waals surface area contributed by atoms with Crippen molar-refractivity contribution >= 4 is 21.6 Å². The number of methoxy groups -OCH3 is 1. The number of rotatable bonds is 10. The average molecular weight is 487 g/mol. The molecule has 9 heteroatoms. The van der Waals surface area contributed by atoms with Crippen LogP contribution in [-0.2, 0) is 14.8 Å². The molecule has 0 aliphatic heterocycles. The molecule has 0 bridgehead atoms. The summed E-state index contributed by atoms with van der Waals surface area (Å²) >= 11 is 0. The highest BCUT2D eigenvalue weighted by Crippen LogP contribution is 2.26. The number of carbonyl (C=O) groups excluding carboxylic acids is 1. The fourth-order valence-electron chi connectivity index (χ4n) is 3.32. The summed E-state index contributed by atoms with van der Waals surface area (Å²) in [4.78, 5) is 12.9. The Bertz CT molecular complexity index is 1200. The molecular weight excluding hydrogens is 459 g/mol. The highest BCUT2D eigenvalue weighted by atomic mass is 32.2. The third kappa shape index (κ3) is 6.05. The van der Waals surface area contributed by atoms with Crippen LogP contribution in [0, 0.1) is 5.82 Å². The molecule has 0 radical (unpaired) electrons. The Morgan fingerprint density at radius 2 is 1.56 bits per heavy atom. The number of benzene rings is 3. The molecule has 7 nitrogen and oxygen atoms in total. The van der Waals surface area contributed by atoms with E-state index in [4.69, 9.17) is 9.47 Å². The van der Waals surface area contributed by atoms with Gasteiger partial charge in [-0.3, -0.25) is 9.10 Å². The van der Waals surface area contributed by atoms with Gasteiger partial charge in [0.05, 0.1) is 30.3 Å². The van der Waals surface area contributed by atoms with Crippen molar-refractivity contribution in [2.24, 2.45) is 0 Å². The van der Waals surface area contributed by atoms with Gasteiger partial charge in [0, 0.05) is 0 Å². The van der Waals surface area contributed by atoms with E-state index in [0.717, 1.165) is 22.0 Å². The molecule has 3 aromatic rings. The SMILES string of the molecule is CCOc1ccc(S(=O)(=O)N(CC(=O)N[C@H](C)c2ccc(OC)cc2)c2ccc(F)cc2)cc1. The second-order valence-electron chi connectivity index (χ2n) is 7.45. The number of carbonyl (C=O) groups is 1. The summed E-state index contributed by atoms with van der Waals surface area (Å²) in [6.07, 6.45) is 0. The van der Waals surface area contributed by atoms with Gasteiger partial charge < -0.3 is 14.8 Å². The summed E-state index contributed by atoms with van der Waals surface area (Å²) in [5.74, 6) is 0.189. The second kappa shape index (κ2) is 11.0. The number of ether oxygens (including phenoxy) is 2. The molecule has 0 saturated carbocycles. The molecule has 34 heavy (non-hydrogen) atoms. The first-order chi connectivity index (χ1) is 16.2. The Balaban J connectivity index is 1.85. The van der Waals surface area contributed by atoms with Crippen LogP contribution in [-0.4, -0.2) is 34.6 Å². The summed E-state index contributed by atoms with van der Waals surface area (Å²) in [5, 5.41) is 2.81. The minimum absolute atomic E-state index is 0.0173. The van der Waals surface area contributed by atoms with Crippen LogP contribution in [0.15, 0.2) is 77.7 Å². The number of hydrogen-bond donors (Lipinski definition) is 1. The van der Waals surface area contributed by atoms with Crippen LogP contribution in [0.2, 0.25) is 0 Å². The molecule has 0 aliphatic carbocycles. The van der Waals surface area contributed by atoms with Crippen molar-refractivity contribution in [3.63, 3.8) is 0 Å². The zero-order valence-electron chi connectivity index (χ0n) is 19.2. The van der Waals surface area contributed by atoms with E-state index < -0.39 is 28.3 Å². The summed E-state index contributed by atoms with van der Waals surface area (Å²) in [7, 11) is -2.56. The minimum atomic E-state index is -4.13. The average Bonchev–Trinajstić information content (AvgIpc) is 2.83. The maximum absolute atomic E-state index is 13.5. The first-order valence-corrected chi connectivity index (χ1v) is 12.1. The molecule has 3 rings (SSSR count). The minimum Gasteiger partial charge on any atom is -0.497 e. The molecule has 0 aromatic heterocycles. The maximum Gasteiger partial charge on any atom is 0.264 e. The van der Waals surface area contributed by atoms with Gasteiger partial charge in [0.2, 0.25) is 5.91 Å². The summed E-state index contributed by atoms with van der Waals surface area (Å²) < 4.78 is 51.9. The van der Waals surface area contributed by atoms with E-state index in [1.54, 1.807) is 38.3 Å². The molecule has 0 heterocycles. The Morgan fingerprint density at radius 1 is 0.971 bits per heavy atom. The molecule has 3 aromatic carbocycles. The van der Waals surface area contributed by atoms with Crippen molar-refractivity contribution in [3.05, 3.63) is 84.2 Å². The van der Waals surface area contributed by atoms with Crippen LogP contribution in [0.3, 0.4) is 0 Å². The summed E-state index contributed by atoms with van der Waals surface area (Å²) in [6, 6.07) is 17.7. The molecule has 1 amide bonds. The monoisotopic (exact) mass is 486 g/mol. The zero-order valence-corrected chi connectivity index (χ0v) is 20.0. The molecule has 0 spiro atoms. The number of amides is 1. The maximum atomic E-state index is 13.5. The zero-order chi connectivity index (χ0) is 24.7. The number of halogens is 1. The number of hydrogen-bond acceptors (Lipinski definition) is 5. The van der Waals surface area contributed by atoms with Crippen LogP contribution in [0.4, 0.5) is 10.1 Å². The van der Waals surface area contributed by atoms with Crippen molar-refractivity contribution in [2.45, 2.75) is 24.8 Å². The Kier molecular flexibility index (Phi) is 8.12. The Labute approximate surface area is 199 Å². The van der Waals surface area contributed by atoms with Gasteiger partial charge in [0.15, 0.2) is 0 Å². The summed E-state index contributed by atoms with van der Waals surface area (Å²) in [6.45, 7) is 3.58. The quantitative estimate of drug-likeness (QED) is 0.462. The topological polar surface area (TPSA) is 84.9 Å². The first kappa shape index (κ1) is 25.0. The summed E-state index contributed by atoms with van der Waals surface area (Å²) in [5.41, 5.74) is 0.999. The third-order valence-corrected chi connectivity index (χ3v) is 6.91. The second-order valence-corrected chi connectivity index (χ2v) is 9.32. The molecule has 0 aliphatic rings. The normalized spacial score (nSPS) is 12.0. The molecule has 0 fully saturated rings. The predicted molar refractivity (Wildman–Crippen MR) is 128 cm³/mol. The van der Waals surface area contributed by atoms with Gasteiger partial charge >= 0.3 is 0 Å². The van der Waals surface area contributed by atoms with Gasteiger partial charge in [-0.2, -0.15) is 0 Å². The lowest BCUT2D eigenvalue weighted by Crippen LogP contribution is -2.41. The van der Waals surface area contributed by atoms with Crippen molar-refractivity contribution < 1.29 is 27.1 Å². The number of nitrogens with zero attached hydrogens (tertiary/aromatic N) is 1. The van der Waals surface area contributed by atoms with Crippen molar-refractivity contribution in [1.82, 2.24) is 5.32 Å². The van der Waals surface area contributed by atoms with Crippen LogP contribution < -0.4 is 19.1 Å². The van der Waals surface area contributed by atoms with Gasteiger partial charge in [-0.05, 0) is 80.1 Å². The van der Waals surface area contributed by atoms with Gasteiger partial charge in [0.1, 0.15) is 23.9 Å². The van der Waals surface area contributed by atoms with E-state index in [1.165, 1.54) is 24.3 Å². The van der Waals surface area contributed by atoms with E-state index >= 15 is 0 Å². The fourth-order valence-corrected chi connectivity index (χ4v) is 4.74. The van der Waals surface area contributed by atoms with Crippen LogP contribution in [0.25, 0.3) is 0 Å². The third-order valence-electron chi connectivity index (χ3n) is 5.12.